The van der Waals surface area contributed by atoms with Gasteiger partial charge in [0.1, 0.15) is 11.5 Å². The molecule has 1 aromatic heterocycles. The fourth-order valence-corrected chi connectivity index (χ4v) is 3.33. The smallest absolute Gasteiger partial charge is 0.193 e. The van der Waals surface area contributed by atoms with Crippen LogP contribution >= 0.6 is 11.8 Å². The molecule has 27 heavy (non-hydrogen) atoms. The van der Waals surface area contributed by atoms with E-state index in [9.17, 15) is 8.78 Å². The first-order valence-corrected chi connectivity index (χ1v) is 10.2. The molecule has 0 atom stereocenters. The Balaban J connectivity index is 1.91. The number of nitrogens with zero attached hydrogens (tertiary/aromatic N) is 3. The molecule has 0 aliphatic heterocycles. The third kappa shape index (κ3) is 4.74. The summed E-state index contributed by atoms with van der Waals surface area (Å²) in [6.45, 7) is 2.02. The molecule has 0 bridgehead atoms. The summed E-state index contributed by atoms with van der Waals surface area (Å²) >= 11 is 1.43. The lowest BCUT2D eigenvalue weighted by molar-refractivity contribution is 0.321. The second-order valence-corrected chi connectivity index (χ2v) is 6.96. The lowest BCUT2D eigenvalue weighted by Gasteiger charge is -2.15. The molecule has 5 nitrogen and oxygen atoms in total. The minimum Gasteiger partial charge on any atom is -0.491 e. The highest BCUT2D eigenvalue weighted by Gasteiger charge is 2.18. The van der Waals surface area contributed by atoms with E-state index >= 15 is 0 Å². The molecular weight excluding hydrogens is 370 g/mol. The van der Waals surface area contributed by atoms with Gasteiger partial charge in [0.2, 0.25) is 0 Å². The van der Waals surface area contributed by atoms with E-state index in [1.54, 1.807) is 13.1 Å². The fraction of sp³-hybridized carbons (Fsp3) is 0.421. The summed E-state index contributed by atoms with van der Waals surface area (Å²) in [6.07, 6.45) is 9.42. The third-order valence-corrected chi connectivity index (χ3v) is 4.90. The van der Waals surface area contributed by atoms with Gasteiger partial charge in [0.05, 0.1) is 12.2 Å². The topological polar surface area (TPSA) is 59.4 Å². The van der Waals surface area contributed by atoms with Gasteiger partial charge >= 0.3 is 0 Å². The van der Waals surface area contributed by atoms with Gasteiger partial charge in [0.25, 0.3) is 0 Å². The zero-order chi connectivity index (χ0) is 19.2. The molecule has 0 spiro atoms. The Hall–Kier alpha value is -2.22. The Morgan fingerprint density at radius 1 is 1.33 bits per heavy atom. The van der Waals surface area contributed by atoms with Crippen LogP contribution in [-0.4, -0.2) is 35.1 Å². The minimum atomic E-state index is -0.819. The Bertz CT molecular complexity index is 826. The number of hydrogen-bond acceptors (Lipinski definition) is 6. The number of benzene rings is 1. The Morgan fingerprint density at radius 3 is 2.81 bits per heavy atom. The number of halogens is 2. The van der Waals surface area contributed by atoms with Crippen molar-refractivity contribution in [1.82, 2.24) is 9.97 Å². The second-order valence-electron chi connectivity index (χ2n) is 6.19. The zero-order valence-electron chi connectivity index (χ0n) is 15.3. The second kappa shape index (κ2) is 9.12. The summed E-state index contributed by atoms with van der Waals surface area (Å²) in [5.74, 6) is -0.963. The van der Waals surface area contributed by atoms with Gasteiger partial charge in [-0.2, -0.15) is 0 Å². The van der Waals surface area contributed by atoms with Gasteiger partial charge in [0.15, 0.2) is 22.5 Å². The minimum absolute atomic E-state index is 0.0238. The lowest BCUT2D eigenvalue weighted by Crippen LogP contribution is -2.17. The standard InChI is InChI=1S/C19H22F2N4OS/c1-3-26-15-9-8-14(20)17(16(15)21)22-10-12-11-23-19(27-2)25-18(12)24-13-6-4-5-7-13/h8-11,13H,3-7H2,1-2H3,(H,23,24,25). The predicted octanol–water partition coefficient (Wildman–Crippen LogP) is 4.98. The van der Waals surface area contributed by atoms with Crippen LogP contribution in [0.3, 0.4) is 0 Å². The van der Waals surface area contributed by atoms with Crippen LogP contribution in [0.1, 0.15) is 38.2 Å². The molecule has 3 rings (SSSR count). The Labute approximate surface area is 161 Å². The molecule has 8 heteroatoms. The summed E-state index contributed by atoms with van der Waals surface area (Å²) in [7, 11) is 0. The van der Waals surface area contributed by atoms with Crippen molar-refractivity contribution in [3.63, 3.8) is 0 Å². The van der Waals surface area contributed by atoms with E-state index in [4.69, 9.17) is 4.74 Å². The van der Waals surface area contributed by atoms with E-state index in [0.29, 0.717) is 22.6 Å². The predicted molar refractivity (Wildman–Crippen MR) is 104 cm³/mol. The number of ether oxygens (including phenoxy) is 1. The third-order valence-electron chi connectivity index (χ3n) is 4.34. The van der Waals surface area contributed by atoms with Crippen LogP contribution in [0.15, 0.2) is 28.5 Å². The highest BCUT2D eigenvalue weighted by atomic mass is 32.2. The molecule has 1 saturated carbocycles. The van der Waals surface area contributed by atoms with E-state index in [0.717, 1.165) is 18.9 Å². The van der Waals surface area contributed by atoms with Crippen molar-refractivity contribution in [1.29, 1.82) is 0 Å². The molecule has 2 aromatic rings. The Morgan fingerprint density at radius 2 is 2.11 bits per heavy atom. The van der Waals surface area contributed by atoms with Crippen LogP contribution in [0, 0.1) is 11.6 Å². The first-order valence-electron chi connectivity index (χ1n) is 8.94. The van der Waals surface area contributed by atoms with Crippen LogP contribution in [0.5, 0.6) is 5.75 Å². The van der Waals surface area contributed by atoms with Gasteiger partial charge < -0.3 is 10.1 Å². The highest BCUT2D eigenvalue weighted by Crippen LogP contribution is 2.30. The van der Waals surface area contributed by atoms with Crippen molar-refractivity contribution in [2.75, 3.05) is 18.2 Å². The van der Waals surface area contributed by atoms with E-state index in [1.165, 1.54) is 36.9 Å². The number of nitrogens with one attached hydrogen (secondary N) is 1. The molecule has 1 aliphatic rings. The van der Waals surface area contributed by atoms with Crippen LogP contribution < -0.4 is 10.1 Å². The first kappa shape index (κ1) is 19.5. The SMILES string of the molecule is CCOc1ccc(F)c(N=Cc2cnc(SC)nc2NC2CCCC2)c1F. The molecule has 1 N–H and O–H groups in total. The van der Waals surface area contributed by atoms with Gasteiger partial charge in [-0.1, -0.05) is 24.6 Å². The van der Waals surface area contributed by atoms with E-state index in [2.05, 4.69) is 20.3 Å². The average molecular weight is 392 g/mol. The largest absolute Gasteiger partial charge is 0.491 e. The Kier molecular flexibility index (Phi) is 6.60. The summed E-state index contributed by atoms with van der Waals surface area (Å²) in [5.41, 5.74) is 0.196. The average Bonchev–Trinajstić information content (AvgIpc) is 3.18. The molecule has 0 saturated heterocycles. The molecule has 1 aliphatic carbocycles. The number of aromatic nitrogens is 2. The van der Waals surface area contributed by atoms with Gasteiger partial charge in [-0.25, -0.2) is 23.7 Å². The molecule has 1 fully saturated rings. The monoisotopic (exact) mass is 392 g/mol. The molecular formula is C19H22F2N4OS. The van der Waals surface area contributed by atoms with Gasteiger partial charge in [-0.15, -0.1) is 0 Å². The fourth-order valence-electron chi connectivity index (χ4n) is 2.99. The van der Waals surface area contributed by atoms with Crippen LogP contribution in [-0.2, 0) is 0 Å². The highest BCUT2D eigenvalue weighted by molar-refractivity contribution is 7.98. The van der Waals surface area contributed by atoms with Crippen LogP contribution in [0.25, 0.3) is 0 Å². The van der Waals surface area contributed by atoms with Crippen LogP contribution in [0.4, 0.5) is 20.3 Å². The van der Waals surface area contributed by atoms with Crippen molar-refractivity contribution in [2.45, 2.75) is 43.8 Å². The summed E-state index contributed by atoms with van der Waals surface area (Å²) in [4.78, 5) is 12.8. The molecule has 0 unspecified atom stereocenters. The number of thioether (sulfide) groups is 1. The van der Waals surface area contributed by atoms with Crippen molar-refractivity contribution in [3.05, 3.63) is 35.5 Å². The normalized spacial score (nSPS) is 14.8. The van der Waals surface area contributed by atoms with E-state index in [1.807, 2.05) is 6.26 Å². The van der Waals surface area contributed by atoms with Gasteiger partial charge in [-0.05, 0) is 38.2 Å². The van der Waals surface area contributed by atoms with Crippen molar-refractivity contribution in [3.8, 4) is 5.75 Å². The number of anilines is 1. The molecule has 0 amide bonds. The maximum absolute atomic E-state index is 14.4. The maximum atomic E-state index is 14.4. The maximum Gasteiger partial charge on any atom is 0.193 e. The molecule has 0 radical (unpaired) electrons. The molecule has 144 valence electrons. The summed E-state index contributed by atoms with van der Waals surface area (Å²) in [5, 5.41) is 4.04. The molecule has 1 aromatic carbocycles. The van der Waals surface area contributed by atoms with Gasteiger partial charge in [0, 0.05) is 18.5 Å². The van der Waals surface area contributed by atoms with Crippen molar-refractivity contribution >= 4 is 29.5 Å². The van der Waals surface area contributed by atoms with Gasteiger partial charge in [-0.3, -0.25) is 0 Å². The summed E-state index contributed by atoms with van der Waals surface area (Å²) in [6, 6.07) is 2.75. The number of hydrogen-bond donors (Lipinski definition) is 1. The number of rotatable bonds is 7. The van der Waals surface area contributed by atoms with E-state index in [-0.39, 0.29) is 18.0 Å². The zero-order valence-corrected chi connectivity index (χ0v) is 16.2. The molecule has 1 heterocycles. The number of aliphatic imine (C=N–C) groups is 1. The first-order chi connectivity index (χ1) is 13.1. The van der Waals surface area contributed by atoms with E-state index < -0.39 is 11.6 Å². The lowest BCUT2D eigenvalue weighted by atomic mass is 10.2. The quantitative estimate of drug-likeness (QED) is 0.409. The van der Waals surface area contributed by atoms with Crippen molar-refractivity contribution < 1.29 is 13.5 Å². The summed E-state index contributed by atoms with van der Waals surface area (Å²) < 4.78 is 33.7. The van der Waals surface area contributed by atoms with Crippen molar-refractivity contribution in [2.24, 2.45) is 4.99 Å². The van der Waals surface area contributed by atoms with Crippen LogP contribution in [0.2, 0.25) is 0 Å².